The SMILES string of the molecule is CCNc1cc(SCc2cccc(C)c2)nc(C2CC2)n1. The summed E-state index contributed by atoms with van der Waals surface area (Å²) >= 11 is 1.79. The van der Waals surface area contributed by atoms with Gasteiger partial charge in [0.1, 0.15) is 16.7 Å². The molecule has 0 amide bonds. The van der Waals surface area contributed by atoms with Gasteiger partial charge < -0.3 is 5.32 Å². The van der Waals surface area contributed by atoms with E-state index < -0.39 is 0 Å². The minimum Gasteiger partial charge on any atom is -0.370 e. The zero-order valence-corrected chi connectivity index (χ0v) is 13.4. The van der Waals surface area contributed by atoms with Crippen molar-refractivity contribution in [2.45, 2.75) is 43.4 Å². The molecule has 0 unspecified atom stereocenters. The highest BCUT2D eigenvalue weighted by atomic mass is 32.2. The maximum Gasteiger partial charge on any atom is 0.135 e. The third-order valence-electron chi connectivity index (χ3n) is 3.49. The highest BCUT2D eigenvalue weighted by Crippen LogP contribution is 2.39. The molecule has 0 radical (unpaired) electrons. The molecule has 4 heteroatoms. The Kier molecular flexibility index (Phi) is 4.44. The van der Waals surface area contributed by atoms with Crippen molar-refractivity contribution >= 4 is 17.6 Å². The molecule has 1 N–H and O–H groups in total. The van der Waals surface area contributed by atoms with E-state index in [1.54, 1.807) is 11.8 Å². The van der Waals surface area contributed by atoms with Crippen LogP contribution in [0.5, 0.6) is 0 Å². The molecule has 1 saturated carbocycles. The van der Waals surface area contributed by atoms with E-state index in [0.29, 0.717) is 5.92 Å². The summed E-state index contributed by atoms with van der Waals surface area (Å²) < 4.78 is 0. The fraction of sp³-hybridized carbons (Fsp3) is 0.412. The molecule has 0 aliphatic heterocycles. The number of hydrogen-bond donors (Lipinski definition) is 1. The average Bonchev–Trinajstić information content (AvgIpc) is 3.30. The van der Waals surface area contributed by atoms with Crippen LogP contribution >= 0.6 is 11.8 Å². The summed E-state index contributed by atoms with van der Waals surface area (Å²) in [6.07, 6.45) is 2.47. The zero-order chi connectivity index (χ0) is 14.7. The molecular formula is C17H21N3S. The number of aryl methyl sites for hydroxylation is 1. The lowest BCUT2D eigenvalue weighted by atomic mass is 10.2. The van der Waals surface area contributed by atoms with Crippen LogP contribution in [0.25, 0.3) is 0 Å². The molecular weight excluding hydrogens is 278 g/mol. The number of benzene rings is 1. The quantitative estimate of drug-likeness (QED) is 0.634. The monoisotopic (exact) mass is 299 g/mol. The largest absolute Gasteiger partial charge is 0.370 e. The molecule has 0 spiro atoms. The second-order valence-electron chi connectivity index (χ2n) is 5.53. The Morgan fingerprint density at radius 3 is 2.81 bits per heavy atom. The zero-order valence-electron chi connectivity index (χ0n) is 12.6. The standard InChI is InChI=1S/C17H21N3S/c1-3-18-15-10-16(20-17(19-15)14-7-8-14)21-11-13-6-4-5-12(2)9-13/h4-6,9-10,14H,3,7-8,11H2,1-2H3,(H,18,19,20). The van der Waals surface area contributed by atoms with Crippen LogP contribution in [0.1, 0.15) is 42.6 Å². The van der Waals surface area contributed by atoms with Crippen molar-refractivity contribution in [2.24, 2.45) is 0 Å². The van der Waals surface area contributed by atoms with E-state index in [2.05, 4.69) is 54.5 Å². The highest BCUT2D eigenvalue weighted by Gasteiger charge is 2.27. The van der Waals surface area contributed by atoms with Crippen LogP contribution in [0.2, 0.25) is 0 Å². The number of rotatable bonds is 6. The molecule has 1 aliphatic rings. The van der Waals surface area contributed by atoms with Gasteiger partial charge in [0, 0.05) is 24.3 Å². The van der Waals surface area contributed by atoms with Crippen LogP contribution < -0.4 is 5.32 Å². The molecule has 0 saturated heterocycles. The van der Waals surface area contributed by atoms with Crippen molar-refractivity contribution in [3.63, 3.8) is 0 Å². The van der Waals surface area contributed by atoms with Crippen molar-refractivity contribution in [2.75, 3.05) is 11.9 Å². The summed E-state index contributed by atoms with van der Waals surface area (Å²) in [5.74, 6) is 3.51. The van der Waals surface area contributed by atoms with Gasteiger partial charge in [-0.05, 0) is 32.3 Å². The minimum atomic E-state index is 0.585. The highest BCUT2D eigenvalue weighted by molar-refractivity contribution is 7.98. The van der Waals surface area contributed by atoms with Gasteiger partial charge >= 0.3 is 0 Å². The van der Waals surface area contributed by atoms with E-state index in [9.17, 15) is 0 Å². The Hall–Kier alpha value is -1.55. The van der Waals surface area contributed by atoms with Gasteiger partial charge in [0.25, 0.3) is 0 Å². The minimum absolute atomic E-state index is 0.585. The Labute approximate surface area is 130 Å². The van der Waals surface area contributed by atoms with E-state index in [4.69, 9.17) is 4.98 Å². The first-order valence-corrected chi connectivity index (χ1v) is 8.54. The van der Waals surface area contributed by atoms with Crippen LogP contribution in [-0.4, -0.2) is 16.5 Å². The summed E-state index contributed by atoms with van der Waals surface area (Å²) in [4.78, 5) is 9.35. The van der Waals surface area contributed by atoms with E-state index in [1.807, 2.05) is 0 Å². The number of aromatic nitrogens is 2. The molecule has 1 heterocycles. The topological polar surface area (TPSA) is 37.8 Å². The van der Waals surface area contributed by atoms with Gasteiger partial charge in [-0.15, -0.1) is 11.8 Å². The lowest BCUT2D eigenvalue weighted by Crippen LogP contribution is -2.03. The summed E-state index contributed by atoms with van der Waals surface area (Å²) in [6, 6.07) is 10.7. The molecule has 1 aromatic heterocycles. The lowest BCUT2D eigenvalue weighted by molar-refractivity contribution is 0.876. The first-order chi connectivity index (χ1) is 10.2. The predicted molar refractivity (Wildman–Crippen MR) is 88.9 cm³/mol. The Morgan fingerprint density at radius 2 is 2.10 bits per heavy atom. The Balaban J connectivity index is 1.74. The molecule has 3 nitrogen and oxygen atoms in total. The van der Waals surface area contributed by atoms with Crippen LogP contribution in [0, 0.1) is 6.92 Å². The lowest BCUT2D eigenvalue weighted by Gasteiger charge is -2.08. The fourth-order valence-corrected chi connectivity index (χ4v) is 3.12. The number of anilines is 1. The van der Waals surface area contributed by atoms with E-state index >= 15 is 0 Å². The van der Waals surface area contributed by atoms with Crippen LogP contribution in [0.3, 0.4) is 0 Å². The molecule has 21 heavy (non-hydrogen) atoms. The second kappa shape index (κ2) is 6.48. The van der Waals surface area contributed by atoms with Gasteiger partial charge in [0.05, 0.1) is 0 Å². The van der Waals surface area contributed by atoms with Crippen molar-refractivity contribution in [1.29, 1.82) is 0 Å². The van der Waals surface area contributed by atoms with Crippen LogP contribution in [0.15, 0.2) is 35.4 Å². The number of hydrogen-bond acceptors (Lipinski definition) is 4. The van der Waals surface area contributed by atoms with E-state index in [0.717, 1.165) is 29.0 Å². The fourth-order valence-electron chi connectivity index (χ4n) is 2.27. The Bertz CT molecular complexity index is 623. The summed E-state index contributed by atoms with van der Waals surface area (Å²) in [6.45, 7) is 5.12. The summed E-state index contributed by atoms with van der Waals surface area (Å²) in [5, 5.41) is 4.39. The average molecular weight is 299 g/mol. The number of nitrogens with one attached hydrogen (secondary N) is 1. The summed E-state index contributed by atoms with van der Waals surface area (Å²) in [5.41, 5.74) is 2.65. The van der Waals surface area contributed by atoms with Crippen molar-refractivity contribution in [3.05, 3.63) is 47.3 Å². The molecule has 110 valence electrons. The summed E-state index contributed by atoms with van der Waals surface area (Å²) in [7, 11) is 0. The molecule has 1 aliphatic carbocycles. The van der Waals surface area contributed by atoms with Crippen LogP contribution in [-0.2, 0) is 5.75 Å². The smallest absolute Gasteiger partial charge is 0.135 e. The third kappa shape index (κ3) is 3.97. The Morgan fingerprint density at radius 1 is 1.24 bits per heavy atom. The molecule has 0 atom stereocenters. The van der Waals surface area contributed by atoms with Crippen molar-refractivity contribution in [1.82, 2.24) is 9.97 Å². The van der Waals surface area contributed by atoms with Gasteiger partial charge in [-0.25, -0.2) is 9.97 Å². The van der Waals surface area contributed by atoms with Gasteiger partial charge in [-0.2, -0.15) is 0 Å². The van der Waals surface area contributed by atoms with Gasteiger partial charge in [-0.3, -0.25) is 0 Å². The van der Waals surface area contributed by atoms with Gasteiger partial charge in [0.15, 0.2) is 0 Å². The molecule has 1 aromatic carbocycles. The number of thioether (sulfide) groups is 1. The normalized spacial score (nSPS) is 14.2. The molecule has 1 fully saturated rings. The molecule has 2 aromatic rings. The van der Waals surface area contributed by atoms with Gasteiger partial charge in [0.2, 0.25) is 0 Å². The maximum absolute atomic E-state index is 4.73. The second-order valence-corrected chi connectivity index (χ2v) is 6.53. The van der Waals surface area contributed by atoms with Gasteiger partial charge in [-0.1, -0.05) is 29.8 Å². The maximum atomic E-state index is 4.73. The molecule has 3 rings (SSSR count). The van der Waals surface area contributed by atoms with Crippen LogP contribution in [0.4, 0.5) is 5.82 Å². The predicted octanol–water partition coefficient (Wildman–Crippen LogP) is 4.39. The first kappa shape index (κ1) is 14.4. The van der Waals surface area contributed by atoms with Crippen molar-refractivity contribution in [3.8, 4) is 0 Å². The molecule has 0 bridgehead atoms. The number of nitrogens with zero attached hydrogens (tertiary/aromatic N) is 2. The first-order valence-electron chi connectivity index (χ1n) is 7.56. The third-order valence-corrected chi connectivity index (χ3v) is 4.47. The van der Waals surface area contributed by atoms with E-state index in [-0.39, 0.29) is 0 Å². The van der Waals surface area contributed by atoms with Crippen molar-refractivity contribution < 1.29 is 0 Å². The van der Waals surface area contributed by atoms with E-state index in [1.165, 1.54) is 24.0 Å².